The van der Waals surface area contributed by atoms with Crippen molar-refractivity contribution >= 4 is 17.3 Å². The first kappa shape index (κ1) is 14.8. The average molecular weight is 298 g/mol. The van der Waals surface area contributed by atoms with Gasteiger partial charge in [-0.1, -0.05) is 12.1 Å². The molecule has 0 heterocycles. The maximum absolute atomic E-state index is 13.1. The zero-order valence-electron chi connectivity index (χ0n) is 10.6. The third-order valence-electron chi connectivity index (χ3n) is 2.80. The molecule has 2 nitrogen and oxygen atoms in total. The first-order chi connectivity index (χ1) is 9.58. The van der Waals surface area contributed by atoms with Crippen molar-refractivity contribution in [2.45, 2.75) is 6.10 Å². The Morgan fingerprint density at radius 2 is 1.60 bits per heavy atom. The second-order valence-electron chi connectivity index (χ2n) is 4.42. The van der Waals surface area contributed by atoms with Crippen LogP contribution in [-0.4, -0.2) is 23.6 Å². The molecule has 0 aliphatic heterocycles. The fourth-order valence-corrected chi connectivity index (χ4v) is 1.90. The van der Waals surface area contributed by atoms with Gasteiger partial charge in [0.1, 0.15) is 11.6 Å². The number of hydrogen-bond acceptors (Lipinski definition) is 2. The Labute approximate surface area is 121 Å². The Hall–Kier alpha value is -1.65. The zero-order chi connectivity index (χ0) is 14.5. The number of hydrogen-bond donors (Lipinski definition) is 2. The van der Waals surface area contributed by atoms with Gasteiger partial charge in [-0.15, -0.1) is 11.6 Å². The van der Waals surface area contributed by atoms with Gasteiger partial charge in [-0.2, -0.15) is 0 Å². The topological polar surface area (TPSA) is 32.3 Å². The fraction of sp³-hybridized carbons (Fsp3) is 0.200. The SMILES string of the molecule is OC(CCl)CNc1ccc(-c2cc(F)cc(F)c2)cc1. The van der Waals surface area contributed by atoms with Gasteiger partial charge in [0.25, 0.3) is 0 Å². The Balaban J connectivity index is 2.11. The molecule has 0 aliphatic rings. The van der Waals surface area contributed by atoms with Gasteiger partial charge in [0.15, 0.2) is 0 Å². The van der Waals surface area contributed by atoms with E-state index in [9.17, 15) is 13.9 Å². The van der Waals surface area contributed by atoms with E-state index in [0.717, 1.165) is 11.8 Å². The van der Waals surface area contributed by atoms with E-state index >= 15 is 0 Å². The number of aliphatic hydroxyl groups is 1. The minimum absolute atomic E-state index is 0.160. The van der Waals surface area contributed by atoms with Crippen LogP contribution in [0.25, 0.3) is 11.1 Å². The van der Waals surface area contributed by atoms with Gasteiger partial charge in [0, 0.05) is 18.3 Å². The molecule has 0 aliphatic carbocycles. The molecule has 0 bridgehead atoms. The lowest BCUT2D eigenvalue weighted by Crippen LogP contribution is -2.20. The average Bonchev–Trinajstić information content (AvgIpc) is 2.44. The Morgan fingerprint density at radius 1 is 1.00 bits per heavy atom. The van der Waals surface area contributed by atoms with E-state index in [1.54, 1.807) is 24.3 Å². The lowest BCUT2D eigenvalue weighted by atomic mass is 10.1. The maximum Gasteiger partial charge on any atom is 0.126 e. The van der Waals surface area contributed by atoms with Crippen LogP contribution in [-0.2, 0) is 0 Å². The van der Waals surface area contributed by atoms with Crippen LogP contribution in [0, 0.1) is 11.6 Å². The summed E-state index contributed by atoms with van der Waals surface area (Å²) in [7, 11) is 0. The summed E-state index contributed by atoms with van der Waals surface area (Å²) in [5.41, 5.74) is 2.00. The molecule has 0 saturated carbocycles. The van der Waals surface area contributed by atoms with Crippen LogP contribution >= 0.6 is 11.6 Å². The highest BCUT2D eigenvalue weighted by Crippen LogP contribution is 2.23. The Bertz CT molecular complexity index is 554. The summed E-state index contributed by atoms with van der Waals surface area (Å²) in [6.07, 6.45) is -0.617. The largest absolute Gasteiger partial charge is 0.390 e. The number of aliphatic hydroxyl groups excluding tert-OH is 1. The van der Waals surface area contributed by atoms with Crippen molar-refractivity contribution in [1.82, 2.24) is 0 Å². The Kier molecular flexibility index (Phi) is 4.93. The van der Waals surface area contributed by atoms with Gasteiger partial charge in [0.05, 0.1) is 12.0 Å². The molecule has 20 heavy (non-hydrogen) atoms. The second kappa shape index (κ2) is 6.68. The molecule has 106 valence electrons. The normalized spacial score (nSPS) is 12.2. The number of benzene rings is 2. The van der Waals surface area contributed by atoms with Gasteiger partial charge < -0.3 is 10.4 Å². The number of nitrogens with one attached hydrogen (secondary N) is 1. The lowest BCUT2D eigenvalue weighted by molar-refractivity contribution is 0.211. The van der Waals surface area contributed by atoms with Gasteiger partial charge in [-0.3, -0.25) is 0 Å². The molecule has 0 spiro atoms. The van der Waals surface area contributed by atoms with E-state index in [1.807, 2.05) is 0 Å². The molecule has 0 radical (unpaired) electrons. The summed E-state index contributed by atoms with van der Waals surface area (Å²) in [5.74, 6) is -1.05. The van der Waals surface area contributed by atoms with Crippen molar-refractivity contribution in [2.24, 2.45) is 0 Å². The first-order valence-corrected chi connectivity index (χ1v) is 6.66. The van der Waals surface area contributed by atoms with Crippen molar-refractivity contribution < 1.29 is 13.9 Å². The molecule has 0 amide bonds. The molecular weight excluding hydrogens is 284 g/mol. The molecule has 0 saturated heterocycles. The number of alkyl halides is 1. The minimum atomic E-state index is -0.617. The van der Waals surface area contributed by atoms with E-state index in [0.29, 0.717) is 17.7 Å². The molecule has 0 aromatic heterocycles. The van der Waals surface area contributed by atoms with Crippen LogP contribution < -0.4 is 5.32 Å². The maximum atomic E-state index is 13.1. The molecule has 2 N–H and O–H groups in total. The van der Waals surface area contributed by atoms with E-state index in [2.05, 4.69) is 5.32 Å². The van der Waals surface area contributed by atoms with Gasteiger partial charge in [-0.05, 0) is 35.4 Å². The number of rotatable bonds is 5. The van der Waals surface area contributed by atoms with Crippen molar-refractivity contribution in [2.75, 3.05) is 17.7 Å². The smallest absolute Gasteiger partial charge is 0.126 e. The second-order valence-corrected chi connectivity index (χ2v) is 4.73. The third-order valence-corrected chi connectivity index (χ3v) is 3.16. The summed E-state index contributed by atoms with van der Waals surface area (Å²) >= 11 is 5.49. The predicted octanol–water partition coefficient (Wildman–Crippen LogP) is 3.64. The van der Waals surface area contributed by atoms with E-state index in [-0.39, 0.29) is 5.88 Å². The number of halogens is 3. The molecule has 5 heteroatoms. The van der Waals surface area contributed by atoms with Crippen molar-refractivity contribution in [1.29, 1.82) is 0 Å². The van der Waals surface area contributed by atoms with Crippen LogP contribution in [0.4, 0.5) is 14.5 Å². The van der Waals surface area contributed by atoms with E-state index < -0.39 is 17.7 Å². The molecule has 2 aromatic rings. The molecule has 1 atom stereocenters. The highest BCUT2D eigenvalue weighted by molar-refractivity contribution is 6.18. The number of anilines is 1. The van der Waals surface area contributed by atoms with E-state index in [1.165, 1.54) is 12.1 Å². The van der Waals surface area contributed by atoms with Crippen molar-refractivity contribution in [3.05, 3.63) is 54.1 Å². The fourth-order valence-electron chi connectivity index (χ4n) is 1.79. The van der Waals surface area contributed by atoms with Gasteiger partial charge >= 0.3 is 0 Å². The Morgan fingerprint density at radius 3 is 2.15 bits per heavy atom. The molecule has 2 aromatic carbocycles. The minimum Gasteiger partial charge on any atom is -0.390 e. The van der Waals surface area contributed by atoms with Crippen LogP contribution in [0.3, 0.4) is 0 Å². The third kappa shape index (κ3) is 3.92. The summed E-state index contributed by atoms with van der Waals surface area (Å²) in [5, 5.41) is 12.3. The lowest BCUT2D eigenvalue weighted by Gasteiger charge is -2.10. The quantitative estimate of drug-likeness (QED) is 0.826. The van der Waals surface area contributed by atoms with Crippen LogP contribution in [0.15, 0.2) is 42.5 Å². The van der Waals surface area contributed by atoms with Crippen LogP contribution in [0.1, 0.15) is 0 Å². The highest BCUT2D eigenvalue weighted by atomic mass is 35.5. The predicted molar refractivity (Wildman–Crippen MR) is 77.0 cm³/mol. The standard InChI is InChI=1S/C15H14ClF2NO/c16-8-15(20)9-19-14-3-1-10(2-4-14)11-5-12(17)7-13(18)6-11/h1-7,15,19-20H,8-9H2. The summed E-state index contributed by atoms with van der Waals surface area (Å²) in [4.78, 5) is 0. The molecule has 1 unspecified atom stereocenters. The molecule has 2 rings (SSSR count). The van der Waals surface area contributed by atoms with Gasteiger partial charge in [0.2, 0.25) is 0 Å². The van der Waals surface area contributed by atoms with E-state index in [4.69, 9.17) is 11.6 Å². The first-order valence-electron chi connectivity index (χ1n) is 6.13. The molecular formula is C15H14ClF2NO. The zero-order valence-corrected chi connectivity index (χ0v) is 11.4. The van der Waals surface area contributed by atoms with Crippen LogP contribution in [0.5, 0.6) is 0 Å². The monoisotopic (exact) mass is 297 g/mol. The molecule has 0 fully saturated rings. The van der Waals surface area contributed by atoms with Gasteiger partial charge in [-0.25, -0.2) is 8.78 Å². The van der Waals surface area contributed by atoms with Crippen LogP contribution in [0.2, 0.25) is 0 Å². The van der Waals surface area contributed by atoms with Crippen molar-refractivity contribution in [3.63, 3.8) is 0 Å². The summed E-state index contributed by atoms with van der Waals surface area (Å²) in [6.45, 7) is 0.345. The van der Waals surface area contributed by atoms with Crippen molar-refractivity contribution in [3.8, 4) is 11.1 Å². The summed E-state index contributed by atoms with van der Waals surface area (Å²) in [6, 6.07) is 10.5. The highest BCUT2D eigenvalue weighted by Gasteiger charge is 2.04. The summed E-state index contributed by atoms with van der Waals surface area (Å²) < 4.78 is 26.3.